The van der Waals surface area contributed by atoms with Gasteiger partial charge in [-0.25, -0.2) is 9.78 Å². The SMILES string of the molecule is CCCC[C@@H](N)c1ocnc1C(=O)O. The van der Waals surface area contributed by atoms with Gasteiger partial charge in [-0.05, 0) is 6.42 Å². The average molecular weight is 198 g/mol. The summed E-state index contributed by atoms with van der Waals surface area (Å²) in [6, 6.07) is -0.372. The van der Waals surface area contributed by atoms with Crippen LogP contribution in [0.2, 0.25) is 0 Å². The number of carboxylic acid groups (broad SMARTS) is 1. The van der Waals surface area contributed by atoms with Crippen LogP contribution >= 0.6 is 0 Å². The molecule has 0 aliphatic rings. The van der Waals surface area contributed by atoms with Crippen molar-refractivity contribution < 1.29 is 14.3 Å². The molecule has 5 nitrogen and oxygen atoms in total. The van der Waals surface area contributed by atoms with E-state index in [1.165, 1.54) is 0 Å². The number of aromatic nitrogens is 1. The Balaban J connectivity index is 2.73. The van der Waals surface area contributed by atoms with Gasteiger partial charge in [-0.1, -0.05) is 19.8 Å². The van der Waals surface area contributed by atoms with E-state index in [4.69, 9.17) is 15.3 Å². The van der Waals surface area contributed by atoms with Crippen molar-refractivity contribution in [3.8, 4) is 0 Å². The molecule has 5 heteroatoms. The number of hydrogen-bond donors (Lipinski definition) is 2. The maximum atomic E-state index is 10.7. The van der Waals surface area contributed by atoms with Crippen molar-refractivity contribution >= 4 is 5.97 Å². The van der Waals surface area contributed by atoms with E-state index in [1.807, 2.05) is 6.92 Å². The highest BCUT2D eigenvalue weighted by molar-refractivity contribution is 5.86. The Bertz CT molecular complexity index is 309. The highest BCUT2D eigenvalue weighted by Crippen LogP contribution is 2.19. The molecule has 1 aromatic heterocycles. The first-order valence-corrected chi connectivity index (χ1v) is 4.59. The maximum absolute atomic E-state index is 10.7. The Hall–Kier alpha value is -1.36. The van der Waals surface area contributed by atoms with Crippen molar-refractivity contribution in [2.24, 2.45) is 5.73 Å². The zero-order valence-electron chi connectivity index (χ0n) is 8.06. The van der Waals surface area contributed by atoms with Crippen molar-refractivity contribution in [1.82, 2.24) is 4.98 Å². The van der Waals surface area contributed by atoms with Crippen LogP contribution in [-0.2, 0) is 0 Å². The fourth-order valence-corrected chi connectivity index (χ4v) is 1.23. The summed E-state index contributed by atoms with van der Waals surface area (Å²) in [5.41, 5.74) is 5.69. The topological polar surface area (TPSA) is 89.4 Å². The zero-order chi connectivity index (χ0) is 10.6. The van der Waals surface area contributed by atoms with Gasteiger partial charge in [0, 0.05) is 0 Å². The second kappa shape index (κ2) is 4.76. The van der Waals surface area contributed by atoms with E-state index in [1.54, 1.807) is 0 Å². The van der Waals surface area contributed by atoms with Gasteiger partial charge in [0.25, 0.3) is 0 Å². The van der Waals surface area contributed by atoms with Crippen molar-refractivity contribution in [2.75, 3.05) is 0 Å². The standard InChI is InChI=1S/C9H14N2O3/c1-2-3-4-6(10)8-7(9(12)13)11-5-14-8/h5-6H,2-4,10H2,1H3,(H,12,13)/t6-/m1/s1. The lowest BCUT2D eigenvalue weighted by atomic mass is 10.1. The second-order valence-electron chi connectivity index (χ2n) is 3.12. The molecule has 0 aliphatic heterocycles. The molecule has 0 saturated heterocycles. The molecule has 0 unspecified atom stereocenters. The van der Waals surface area contributed by atoms with Gasteiger partial charge in [0.05, 0.1) is 6.04 Å². The van der Waals surface area contributed by atoms with Crippen LogP contribution in [0.4, 0.5) is 0 Å². The molecule has 3 N–H and O–H groups in total. The summed E-state index contributed by atoms with van der Waals surface area (Å²) in [4.78, 5) is 14.3. The first-order valence-electron chi connectivity index (χ1n) is 4.59. The minimum atomic E-state index is -1.10. The van der Waals surface area contributed by atoms with Crippen LogP contribution in [0.3, 0.4) is 0 Å². The summed E-state index contributed by atoms with van der Waals surface area (Å²) in [7, 11) is 0. The summed E-state index contributed by atoms with van der Waals surface area (Å²) in [6.45, 7) is 2.05. The molecule has 1 heterocycles. The van der Waals surface area contributed by atoms with Crippen molar-refractivity contribution in [1.29, 1.82) is 0 Å². The molecular formula is C9H14N2O3. The number of carboxylic acids is 1. The van der Waals surface area contributed by atoms with E-state index in [-0.39, 0.29) is 17.5 Å². The van der Waals surface area contributed by atoms with E-state index >= 15 is 0 Å². The Kier molecular flexibility index (Phi) is 3.64. The molecular weight excluding hydrogens is 184 g/mol. The van der Waals surface area contributed by atoms with Crippen molar-refractivity contribution in [3.05, 3.63) is 17.8 Å². The molecule has 1 rings (SSSR count). The molecule has 1 aromatic rings. The third kappa shape index (κ3) is 2.32. The molecule has 0 radical (unpaired) electrons. The third-order valence-electron chi connectivity index (χ3n) is 2.00. The summed E-state index contributed by atoms with van der Waals surface area (Å²) in [5.74, 6) is -0.827. The molecule has 0 amide bonds. The zero-order valence-corrected chi connectivity index (χ0v) is 8.06. The molecule has 0 aliphatic carbocycles. The third-order valence-corrected chi connectivity index (χ3v) is 2.00. The second-order valence-corrected chi connectivity index (χ2v) is 3.12. The van der Waals surface area contributed by atoms with E-state index in [9.17, 15) is 4.79 Å². The van der Waals surface area contributed by atoms with Crippen LogP contribution in [0.5, 0.6) is 0 Å². The van der Waals surface area contributed by atoms with Gasteiger partial charge in [-0.2, -0.15) is 0 Å². The maximum Gasteiger partial charge on any atom is 0.358 e. The van der Waals surface area contributed by atoms with E-state index < -0.39 is 5.97 Å². The Morgan fingerprint density at radius 2 is 2.50 bits per heavy atom. The lowest BCUT2D eigenvalue weighted by Gasteiger charge is -2.07. The monoisotopic (exact) mass is 198 g/mol. The lowest BCUT2D eigenvalue weighted by Crippen LogP contribution is -2.13. The molecule has 0 fully saturated rings. The predicted molar refractivity (Wildman–Crippen MR) is 49.9 cm³/mol. The normalized spacial score (nSPS) is 12.7. The molecule has 14 heavy (non-hydrogen) atoms. The highest BCUT2D eigenvalue weighted by Gasteiger charge is 2.20. The molecule has 0 spiro atoms. The largest absolute Gasteiger partial charge is 0.476 e. The molecule has 78 valence electrons. The molecule has 1 atom stereocenters. The quantitative estimate of drug-likeness (QED) is 0.749. The first kappa shape index (κ1) is 10.7. The minimum absolute atomic E-state index is 0.0754. The molecule has 0 saturated carbocycles. The van der Waals surface area contributed by atoms with Gasteiger partial charge in [-0.15, -0.1) is 0 Å². The van der Waals surface area contributed by atoms with Crippen molar-refractivity contribution in [2.45, 2.75) is 32.2 Å². The smallest absolute Gasteiger partial charge is 0.358 e. The van der Waals surface area contributed by atoms with Crippen molar-refractivity contribution in [3.63, 3.8) is 0 Å². The predicted octanol–water partition coefficient (Wildman–Crippen LogP) is 1.56. The average Bonchev–Trinajstić information content (AvgIpc) is 2.62. The summed E-state index contributed by atoms with van der Waals surface area (Å²) in [6.07, 6.45) is 3.79. The molecule has 0 bridgehead atoms. The summed E-state index contributed by atoms with van der Waals surface area (Å²) < 4.78 is 4.97. The number of unbranched alkanes of at least 4 members (excludes halogenated alkanes) is 1. The van der Waals surface area contributed by atoms with Crippen LogP contribution in [-0.4, -0.2) is 16.1 Å². The van der Waals surface area contributed by atoms with Crippen LogP contribution in [0.1, 0.15) is 48.5 Å². The number of nitrogens with two attached hydrogens (primary N) is 1. The van der Waals surface area contributed by atoms with Gasteiger partial charge in [0.15, 0.2) is 17.8 Å². The number of oxazole rings is 1. The first-order chi connectivity index (χ1) is 6.66. The fourth-order valence-electron chi connectivity index (χ4n) is 1.23. The number of nitrogens with zero attached hydrogens (tertiary/aromatic N) is 1. The van der Waals surface area contributed by atoms with Gasteiger partial charge >= 0.3 is 5.97 Å². The van der Waals surface area contributed by atoms with E-state index in [2.05, 4.69) is 4.98 Å². The number of rotatable bonds is 5. The van der Waals surface area contributed by atoms with Gasteiger partial charge in [0.1, 0.15) is 0 Å². The van der Waals surface area contributed by atoms with Crippen LogP contribution in [0, 0.1) is 0 Å². The molecule has 0 aromatic carbocycles. The lowest BCUT2D eigenvalue weighted by molar-refractivity contribution is 0.0688. The Morgan fingerprint density at radius 3 is 3.07 bits per heavy atom. The fraction of sp³-hybridized carbons (Fsp3) is 0.556. The van der Waals surface area contributed by atoms with Gasteiger partial charge in [-0.3, -0.25) is 0 Å². The van der Waals surface area contributed by atoms with Crippen LogP contribution < -0.4 is 5.73 Å². The number of carbonyl (C=O) groups is 1. The summed E-state index contributed by atoms with van der Waals surface area (Å²) in [5, 5.41) is 8.75. The summed E-state index contributed by atoms with van der Waals surface area (Å²) >= 11 is 0. The number of hydrogen-bond acceptors (Lipinski definition) is 4. The Morgan fingerprint density at radius 1 is 1.79 bits per heavy atom. The van der Waals surface area contributed by atoms with Crippen LogP contribution in [0.25, 0.3) is 0 Å². The van der Waals surface area contributed by atoms with E-state index in [0.717, 1.165) is 19.2 Å². The highest BCUT2D eigenvalue weighted by atomic mass is 16.4. The Labute approximate surface area is 81.9 Å². The van der Waals surface area contributed by atoms with Gasteiger partial charge < -0.3 is 15.3 Å². The van der Waals surface area contributed by atoms with E-state index in [0.29, 0.717) is 6.42 Å². The number of aromatic carboxylic acids is 1. The van der Waals surface area contributed by atoms with Gasteiger partial charge in [0.2, 0.25) is 0 Å². The minimum Gasteiger partial charge on any atom is -0.476 e. The van der Waals surface area contributed by atoms with Crippen LogP contribution in [0.15, 0.2) is 10.8 Å².